The highest BCUT2D eigenvalue weighted by molar-refractivity contribution is 9.10. The maximum atomic E-state index is 5.89. The van der Waals surface area contributed by atoms with E-state index >= 15 is 0 Å². The molecule has 1 aromatic rings. The molecular weight excluding hydrogens is 264 g/mol. The molecule has 16 heavy (non-hydrogen) atoms. The zero-order valence-corrected chi connectivity index (χ0v) is 11.9. The molecule has 0 spiro atoms. The molecular formula is C13H21BrN2. The third-order valence-corrected chi connectivity index (χ3v) is 3.93. The fourth-order valence-electron chi connectivity index (χ4n) is 2.04. The summed E-state index contributed by atoms with van der Waals surface area (Å²) in [5.74, 6) is 0. The Kier molecular flexibility index (Phi) is 5.46. The Balaban J connectivity index is 2.98. The summed E-state index contributed by atoms with van der Waals surface area (Å²) in [4.78, 5) is 2.39. The molecule has 0 aliphatic heterocycles. The molecule has 0 radical (unpaired) electrons. The van der Waals surface area contributed by atoms with Crippen LogP contribution in [0.2, 0.25) is 0 Å². The summed E-state index contributed by atoms with van der Waals surface area (Å²) in [5.41, 5.74) is 8.47. The Morgan fingerprint density at radius 1 is 1.31 bits per heavy atom. The van der Waals surface area contributed by atoms with Crippen LogP contribution >= 0.6 is 15.9 Å². The number of halogens is 1. The van der Waals surface area contributed by atoms with Crippen LogP contribution in [-0.2, 0) is 0 Å². The molecule has 2 N–H and O–H groups in total. The number of rotatable bonds is 5. The van der Waals surface area contributed by atoms with Crippen LogP contribution < -0.4 is 5.73 Å². The summed E-state index contributed by atoms with van der Waals surface area (Å²) in [7, 11) is 0. The van der Waals surface area contributed by atoms with E-state index in [0.717, 1.165) is 17.6 Å². The topological polar surface area (TPSA) is 29.3 Å². The number of nitrogens with two attached hydrogens (primary N) is 1. The van der Waals surface area contributed by atoms with Gasteiger partial charge in [-0.3, -0.25) is 4.90 Å². The molecule has 1 atom stereocenters. The van der Waals surface area contributed by atoms with E-state index in [1.807, 2.05) is 0 Å². The van der Waals surface area contributed by atoms with Gasteiger partial charge >= 0.3 is 0 Å². The van der Waals surface area contributed by atoms with Crippen LogP contribution in [0.3, 0.4) is 0 Å². The first kappa shape index (κ1) is 13.7. The first-order valence-electron chi connectivity index (χ1n) is 5.84. The second kappa shape index (κ2) is 6.38. The highest BCUT2D eigenvalue weighted by atomic mass is 79.9. The van der Waals surface area contributed by atoms with Gasteiger partial charge in [-0.25, -0.2) is 0 Å². The molecule has 0 amide bonds. The Morgan fingerprint density at radius 2 is 1.94 bits per heavy atom. The van der Waals surface area contributed by atoms with Crippen molar-refractivity contribution in [2.45, 2.75) is 26.8 Å². The van der Waals surface area contributed by atoms with Gasteiger partial charge in [0.15, 0.2) is 0 Å². The number of hydrogen-bond acceptors (Lipinski definition) is 2. The molecule has 1 rings (SSSR count). The summed E-state index contributed by atoms with van der Waals surface area (Å²) in [5, 5.41) is 0. The molecule has 0 bridgehead atoms. The molecule has 90 valence electrons. The lowest BCUT2D eigenvalue weighted by Gasteiger charge is -2.29. The summed E-state index contributed by atoms with van der Waals surface area (Å²) < 4.78 is 1.16. The maximum Gasteiger partial charge on any atom is 0.0470 e. The summed E-state index contributed by atoms with van der Waals surface area (Å²) >= 11 is 3.53. The first-order chi connectivity index (χ1) is 7.63. The molecule has 1 unspecified atom stereocenters. The quantitative estimate of drug-likeness (QED) is 0.900. The largest absolute Gasteiger partial charge is 0.329 e. The average Bonchev–Trinajstić information content (AvgIpc) is 2.29. The summed E-state index contributed by atoms with van der Waals surface area (Å²) in [6, 6.07) is 6.82. The van der Waals surface area contributed by atoms with Crippen molar-refractivity contribution in [3.8, 4) is 0 Å². The van der Waals surface area contributed by atoms with Gasteiger partial charge in [0.25, 0.3) is 0 Å². The predicted molar refractivity (Wildman–Crippen MR) is 73.6 cm³/mol. The normalized spacial score (nSPS) is 13.1. The van der Waals surface area contributed by atoms with Gasteiger partial charge in [-0.2, -0.15) is 0 Å². The van der Waals surface area contributed by atoms with E-state index in [4.69, 9.17) is 5.73 Å². The lowest BCUT2D eigenvalue weighted by Crippen LogP contribution is -2.33. The number of benzene rings is 1. The van der Waals surface area contributed by atoms with Gasteiger partial charge < -0.3 is 5.73 Å². The Labute approximate surface area is 107 Å². The van der Waals surface area contributed by atoms with Crippen LogP contribution in [0.5, 0.6) is 0 Å². The zero-order valence-electron chi connectivity index (χ0n) is 10.3. The highest BCUT2D eigenvalue weighted by Gasteiger charge is 2.16. The second-order valence-electron chi connectivity index (χ2n) is 3.98. The van der Waals surface area contributed by atoms with E-state index in [1.54, 1.807) is 0 Å². The molecule has 0 aliphatic carbocycles. The van der Waals surface area contributed by atoms with E-state index in [9.17, 15) is 0 Å². The van der Waals surface area contributed by atoms with E-state index in [2.05, 4.69) is 59.8 Å². The van der Waals surface area contributed by atoms with Crippen LogP contribution in [0.25, 0.3) is 0 Å². The fourth-order valence-corrected chi connectivity index (χ4v) is 2.28. The van der Waals surface area contributed by atoms with Crippen molar-refractivity contribution >= 4 is 15.9 Å². The van der Waals surface area contributed by atoms with Gasteiger partial charge in [0, 0.05) is 17.1 Å². The number of nitrogens with zero attached hydrogens (tertiary/aromatic N) is 1. The van der Waals surface area contributed by atoms with Gasteiger partial charge in [0.2, 0.25) is 0 Å². The van der Waals surface area contributed by atoms with Crippen molar-refractivity contribution < 1.29 is 0 Å². The molecule has 3 heteroatoms. The van der Waals surface area contributed by atoms with Crippen molar-refractivity contribution in [2.75, 3.05) is 19.6 Å². The molecule has 0 aliphatic rings. The Bertz CT molecular complexity index is 335. The predicted octanol–water partition coefficient (Wildman–Crippen LogP) is 3.10. The zero-order chi connectivity index (χ0) is 12.1. The lowest BCUT2D eigenvalue weighted by molar-refractivity contribution is 0.224. The first-order valence-corrected chi connectivity index (χ1v) is 6.63. The van der Waals surface area contributed by atoms with Gasteiger partial charge in [0.05, 0.1) is 0 Å². The smallest absolute Gasteiger partial charge is 0.0470 e. The fraction of sp³-hybridized carbons (Fsp3) is 0.538. The lowest BCUT2D eigenvalue weighted by atomic mass is 10.0. The minimum atomic E-state index is 0.335. The number of likely N-dealkylation sites (N-methyl/N-ethyl adjacent to an activating group) is 1. The van der Waals surface area contributed by atoms with Gasteiger partial charge in [-0.15, -0.1) is 0 Å². The SMILES string of the molecule is CCN(CC)C(CN)c1ccc(Br)c(C)c1. The van der Waals surface area contributed by atoms with Gasteiger partial charge in [-0.05, 0) is 37.2 Å². The minimum absolute atomic E-state index is 0.335. The average molecular weight is 285 g/mol. The van der Waals surface area contributed by atoms with Gasteiger partial charge in [-0.1, -0.05) is 41.9 Å². The molecule has 2 nitrogen and oxygen atoms in total. The van der Waals surface area contributed by atoms with Crippen molar-refractivity contribution in [2.24, 2.45) is 5.73 Å². The second-order valence-corrected chi connectivity index (χ2v) is 4.84. The number of hydrogen-bond donors (Lipinski definition) is 1. The standard InChI is InChI=1S/C13H21BrN2/c1-4-16(5-2)13(9-15)11-6-7-12(14)10(3)8-11/h6-8,13H,4-5,9,15H2,1-3H3. The third kappa shape index (κ3) is 3.06. The molecule has 0 saturated carbocycles. The van der Waals surface area contributed by atoms with Crippen LogP contribution in [-0.4, -0.2) is 24.5 Å². The van der Waals surface area contributed by atoms with E-state index < -0.39 is 0 Å². The van der Waals surface area contributed by atoms with E-state index in [0.29, 0.717) is 12.6 Å². The van der Waals surface area contributed by atoms with Crippen molar-refractivity contribution in [1.82, 2.24) is 4.90 Å². The monoisotopic (exact) mass is 284 g/mol. The number of aryl methyl sites for hydroxylation is 1. The van der Waals surface area contributed by atoms with Crippen molar-refractivity contribution in [1.29, 1.82) is 0 Å². The van der Waals surface area contributed by atoms with Crippen LogP contribution in [0.1, 0.15) is 31.0 Å². The molecule has 0 heterocycles. The summed E-state index contributed by atoms with van der Waals surface area (Å²) in [6.45, 7) is 9.21. The van der Waals surface area contributed by atoms with Crippen LogP contribution in [0.4, 0.5) is 0 Å². The van der Waals surface area contributed by atoms with Crippen LogP contribution in [0, 0.1) is 6.92 Å². The van der Waals surface area contributed by atoms with Gasteiger partial charge in [0.1, 0.15) is 0 Å². The van der Waals surface area contributed by atoms with E-state index in [1.165, 1.54) is 11.1 Å². The highest BCUT2D eigenvalue weighted by Crippen LogP contribution is 2.24. The molecule has 0 saturated heterocycles. The van der Waals surface area contributed by atoms with E-state index in [-0.39, 0.29) is 0 Å². The Morgan fingerprint density at radius 3 is 2.38 bits per heavy atom. The Hall–Kier alpha value is -0.380. The maximum absolute atomic E-state index is 5.89. The molecule has 1 aromatic carbocycles. The molecule has 0 fully saturated rings. The molecule has 0 aromatic heterocycles. The minimum Gasteiger partial charge on any atom is -0.329 e. The van der Waals surface area contributed by atoms with Crippen molar-refractivity contribution in [3.05, 3.63) is 33.8 Å². The third-order valence-electron chi connectivity index (χ3n) is 3.04. The summed E-state index contributed by atoms with van der Waals surface area (Å²) in [6.07, 6.45) is 0. The van der Waals surface area contributed by atoms with Crippen LogP contribution in [0.15, 0.2) is 22.7 Å². The van der Waals surface area contributed by atoms with Crippen molar-refractivity contribution in [3.63, 3.8) is 0 Å².